The minimum atomic E-state index is -0.379. The van der Waals surface area contributed by atoms with Crippen LogP contribution in [0.25, 0.3) is 0 Å². The third-order valence-electron chi connectivity index (χ3n) is 3.37. The van der Waals surface area contributed by atoms with Gasteiger partial charge in [0.15, 0.2) is 0 Å². The van der Waals surface area contributed by atoms with Gasteiger partial charge in [-0.25, -0.2) is 0 Å². The highest BCUT2D eigenvalue weighted by Gasteiger charge is 2.16. The van der Waals surface area contributed by atoms with Gasteiger partial charge in [0.05, 0.1) is 12.0 Å². The molecular weight excluding hydrogens is 246 g/mol. The van der Waals surface area contributed by atoms with Crippen LogP contribution in [0.3, 0.4) is 0 Å². The molecule has 1 fully saturated rings. The molecular formula is C13H19N3O3. The normalized spacial score (nSPS) is 18.3. The van der Waals surface area contributed by atoms with Crippen LogP contribution in [-0.4, -0.2) is 31.2 Å². The van der Waals surface area contributed by atoms with Crippen LogP contribution < -0.4 is 15.4 Å². The number of nitro groups is 1. The van der Waals surface area contributed by atoms with E-state index < -0.39 is 0 Å². The van der Waals surface area contributed by atoms with Gasteiger partial charge >= 0.3 is 0 Å². The van der Waals surface area contributed by atoms with Crippen molar-refractivity contribution in [2.75, 3.05) is 25.5 Å². The van der Waals surface area contributed by atoms with Crippen molar-refractivity contribution in [3.8, 4) is 5.75 Å². The largest absolute Gasteiger partial charge is 0.497 e. The molecule has 19 heavy (non-hydrogen) atoms. The van der Waals surface area contributed by atoms with Crippen molar-refractivity contribution in [1.82, 2.24) is 5.32 Å². The maximum absolute atomic E-state index is 11.0. The van der Waals surface area contributed by atoms with Gasteiger partial charge in [-0.1, -0.05) is 0 Å². The van der Waals surface area contributed by atoms with Crippen LogP contribution >= 0.6 is 0 Å². The first-order chi connectivity index (χ1) is 9.20. The van der Waals surface area contributed by atoms with Crippen molar-refractivity contribution < 1.29 is 9.66 Å². The predicted octanol–water partition coefficient (Wildman–Crippen LogP) is 2.16. The molecule has 0 bridgehead atoms. The first-order valence-corrected chi connectivity index (χ1v) is 6.50. The van der Waals surface area contributed by atoms with Crippen molar-refractivity contribution >= 4 is 11.4 Å². The second-order valence-corrected chi connectivity index (χ2v) is 4.65. The van der Waals surface area contributed by atoms with Crippen LogP contribution in [-0.2, 0) is 0 Å². The number of ether oxygens (including phenoxy) is 1. The topological polar surface area (TPSA) is 76.4 Å². The third kappa shape index (κ3) is 3.57. The van der Waals surface area contributed by atoms with Crippen molar-refractivity contribution in [3.05, 3.63) is 28.3 Å². The summed E-state index contributed by atoms with van der Waals surface area (Å²) in [5, 5.41) is 17.5. The zero-order valence-corrected chi connectivity index (χ0v) is 11.0. The quantitative estimate of drug-likeness (QED) is 0.609. The highest BCUT2D eigenvalue weighted by Crippen LogP contribution is 2.28. The zero-order chi connectivity index (χ0) is 13.7. The Kier molecular flexibility index (Phi) is 4.57. The van der Waals surface area contributed by atoms with Gasteiger partial charge in [0.1, 0.15) is 11.4 Å². The molecule has 1 aromatic rings. The van der Waals surface area contributed by atoms with Gasteiger partial charge in [-0.15, -0.1) is 0 Å². The number of nitro benzene ring substituents is 1. The molecule has 0 saturated carbocycles. The van der Waals surface area contributed by atoms with Crippen LogP contribution in [0.2, 0.25) is 0 Å². The summed E-state index contributed by atoms with van der Waals surface area (Å²) >= 11 is 0. The Morgan fingerprint density at radius 1 is 1.58 bits per heavy atom. The van der Waals surface area contributed by atoms with Gasteiger partial charge in [-0.3, -0.25) is 10.1 Å². The molecule has 6 heteroatoms. The lowest BCUT2D eigenvalue weighted by Gasteiger charge is -2.12. The van der Waals surface area contributed by atoms with Gasteiger partial charge in [0.25, 0.3) is 5.69 Å². The van der Waals surface area contributed by atoms with Crippen LogP contribution in [0.5, 0.6) is 5.75 Å². The minimum Gasteiger partial charge on any atom is -0.497 e. The fourth-order valence-corrected chi connectivity index (χ4v) is 2.33. The van der Waals surface area contributed by atoms with E-state index in [-0.39, 0.29) is 10.6 Å². The third-order valence-corrected chi connectivity index (χ3v) is 3.37. The Morgan fingerprint density at radius 2 is 2.42 bits per heavy atom. The fraction of sp³-hybridized carbons (Fsp3) is 0.538. The molecule has 1 aromatic carbocycles. The Hall–Kier alpha value is -1.82. The maximum Gasteiger partial charge on any atom is 0.292 e. The average molecular weight is 265 g/mol. The summed E-state index contributed by atoms with van der Waals surface area (Å²) in [6.45, 7) is 1.79. The van der Waals surface area contributed by atoms with E-state index in [1.54, 1.807) is 19.2 Å². The molecule has 0 radical (unpaired) electrons. The SMILES string of the molecule is COc1ccc([N+](=O)[O-])c(NCC[C@H]2CCCN2)c1. The highest BCUT2D eigenvalue weighted by atomic mass is 16.6. The molecule has 0 unspecified atom stereocenters. The Labute approximate surface area is 112 Å². The molecule has 1 heterocycles. The number of nitrogens with zero attached hydrogens (tertiary/aromatic N) is 1. The zero-order valence-electron chi connectivity index (χ0n) is 11.0. The van der Waals surface area contributed by atoms with Crippen LogP contribution in [0, 0.1) is 10.1 Å². The van der Waals surface area contributed by atoms with Crippen molar-refractivity contribution in [1.29, 1.82) is 0 Å². The number of anilines is 1. The number of hydrogen-bond acceptors (Lipinski definition) is 5. The molecule has 6 nitrogen and oxygen atoms in total. The molecule has 0 aliphatic carbocycles. The molecule has 1 atom stereocenters. The van der Waals surface area contributed by atoms with E-state index in [0.29, 0.717) is 24.0 Å². The van der Waals surface area contributed by atoms with E-state index >= 15 is 0 Å². The summed E-state index contributed by atoms with van der Waals surface area (Å²) in [6, 6.07) is 5.26. The second kappa shape index (κ2) is 6.38. The summed E-state index contributed by atoms with van der Waals surface area (Å²) in [5.41, 5.74) is 0.600. The lowest BCUT2D eigenvalue weighted by Crippen LogP contribution is -2.24. The minimum absolute atomic E-state index is 0.0835. The lowest BCUT2D eigenvalue weighted by molar-refractivity contribution is -0.384. The Morgan fingerprint density at radius 3 is 3.05 bits per heavy atom. The average Bonchev–Trinajstić information content (AvgIpc) is 2.91. The Bertz CT molecular complexity index is 445. The van der Waals surface area contributed by atoms with Gasteiger partial charge < -0.3 is 15.4 Å². The van der Waals surface area contributed by atoms with Crippen LogP contribution in [0.15, 0.2) is 18.2 Å². The summed E-state index contributed by atoms with van der Waals surface area (Å²) in [6.07, 6.45) is 3.36. The molecule has 2 N–H and O–H groups in total. The number of hydrogen-bond donors (Lipinski definition) is 2. The van der Waals surface area contributed by atoms with Crippen molar-refractivity contribution in [3.63, 3.8) is 0 Å². The van der Waals surface area contributed by atoms with Crippen molar-refractivity contribution in [2.24, 2.45) is 0 Å². The first kappa shape index (κ1) is 13.6. The van der Waals surface area contributed by atoms with E-state index in [0.717, 1.165) is 13.0 Å². The molecule has 1 saturated heterocycles. The van der Waals surface area contributed by atoms with E-state index in [4.69, 9.17) is 4.74 Å². The van der Waals surface area contributed by atoms with Gasteiger partial charge in [-0.2, -0.15) is 0 Å². The number of benzene rings is 1. The van der Waals surface area contributed by atoms with E-state index in [2.05, 4.69) is 10.6 Å². The molecule has 0 amide bonds. The van der Waals surface area contributed by atoms with E-state index in [9.17, 15) is 10.1 Å². The number of nitrogens with one attached hydrogen (secondary N) is 2. The molecule has 0 spiro atoms. The van der Waals surface area contributed by atoms with E-state index in [1.807, 2.05) is 0 Å². The molecule has 1 aliphatic rings. The molecule has 1 aliphatic heterocycles. The Balaban J connectivity index is 1.98. The molecule has 2 rings (SSSR count). The summed E-state index contributed by atoms with van der Waals surface area (Å²) < 4.78 is 5.09. The smallest absolute Gasteiger partial charge is 0.292 e. The van der Waals surface area contributed by atoms with Gasteiger partial charge in [0.2, 0.25) is 0 Å². The standard InChI is InChI=1S/C13H19N3O3/c1-19-11-4-5-13(16(17)18)12(9-11)15-8-6-10-3-2-7-14-10/h4-5,9-10,14-15H,2-3,6-8H2,1H3/t10-/m1/s1. The fourth-order valence-electron chi connectivity index (χ4n) is 2.33. The molecule has 0 aromatic heterocycles. The first-order valence-electron chi connectivity index (χ1n) is 6.50. The molecule has 104 valence electrons. The van der Waals surface area contributed by atoms with Crippen LogP contribution in [0.1, 0.15) is 19.3 Å². The van der Waals surface area contributed by atoms with Crippen LogP contribution in [0.4, 0.5) is 11.4 Å². The monoisotopic (exact) mass is 265 g/mol. The van der Waals surface area contributed by atoms with Gasteiger partial charge in [-0.05, 0) is 31.9 Å². The number of methoxy groups -OCH3 is 1. The highest BCUT2D eigenvalue weighted by molar-refractivity contribution is 5.64. The summed E-state index contributed by atoms with van der Waals surface area (Å²) in [4.78, 5) is 10.6. The van der Waals surface area contributed by atoms with Gasteiger partial charge in [0, 0.05) is 24.7 Å². The lowest BCUT2D eigenvalue weighted by atomic mass is 10.1. The number of rotatable bonds is 6. The predicted molar refractivity (Wildman–Crippen MR) is 73.8 cm³/mol. The summed E-state index contributed by atoms with van der Waals surface area (Å²) in [5.74, 6) is 0.618. The van der Waals surface area contributed by atoms with Crippen molar-refractivity contribution in [2.45, 2.75) is 25.3 Å². The summed E-state index contributed by atoms with van der Waals surface area (Å²) in [7, 11) is 1.55. The maximum atomic E-state index is 11.0. The van der Waals surface area contributed by atoms with E-state index in [1.165, 1.54) is 18.9 Å². The second-order valence-electron chi connectivity index (χ2n) is 4.65.